The van der Waals surface area contributed by atoms with Gasteiger partial charge in [0.15, 0.2) is 16.6 Å². The smallest absolute Gasteiger partial charge is 0.187 e. The number of halogens is 1. The summed E-state index contributed by atoms with van der Waals surface area (Å²) in [6.07, 6.45) is 3.29. The highest BCUT2D eigenvalue weighted by atomic mass is 32.1. The van der Waals surface area contributed by atoms with Crippen LogP contribution in [0, 0.1) is 5.82 Å². The van der Waals surface area contributed by atoms with Gasteiger partial charge in [-0.25, -0.2) is 4.39 Å². The van der Waals surface area contributed by atoms with Gasteiger partial charge in [0, 0.05) is 12.1 Å². The highest BCUT2D eigenvalue weighted by Gasteiger charge is 2.07. The summed E-state index contributed by atoms with van der Waals surface area (Å²) in [4.78, 5) is 0. The van der Waals surface area contributed by atoms with Crippen molar-refractivity contribution in [1.29, 1.82) is 0 Å². The third kappa shape index (κ3) is 5.86. The molecule has 0 aliphatic carbocycles. The van der Waals surface area contributed by atoms with E-state index in [9.17, 15) is 4.39 Å². The molecule has 0 fully saturated rings. The Hall–Kier alpha value is -2.93. The summed E-state index contributed by atoms with van der Waals surface area (Å²) >= 11 is 5.04. The second kappa shape index (κ2) is 10.1. The molecule has 0 spiro atoms. The summed E-state index contributed by atoms with van der Waals surface area (Å²) in [5, 5.41) is 7.35. The molecule has 0 saturated heterocycles. The van der Waals surface area contributed by atoms with Crippen LogP contribution in [0.1, 0.15) is 11.1 Å². The van der Waals surface area contributed by atoms with Gasteiger partial charge >= 0.3 is 0 Å². The number of hydrogen-bond acceptors (Lipinski definition) is 4. The van der Waals surface area contributed by atoms with Gasteiger partial charge in [-0.2, -0.15) is 5.10 Å². The molecule has 0 heterocycles. The average molecular weight is 373 g/mol. The van der Waals surface area contributed by atoms with Crippen molar-refractivity contribution in [2.75, 3.05) is 13.7 Å². The third-order valence-electron chi connectivity index (χ3n) is 3.32. The van der Waals surface area contributed by atoms with E-state index in [0.29, 0.717) is 28.7 Å². The first-order valence-electron chi connectivity index (χ1n) is 7.86. The van der Waals surface area contributed by atoms with Gasteiger partial charge in [-0.15, -0.1) is 6.58 Å². The number of benzene rings is 2. The Morgan fingerprint density at radius 1 is 1.27 bits per heavy atom. The van der Waals surface area contributed by atoms with Crippen molar-refractivity contribution in [3.8, 4) is 11.5 Å². The van der Waals surface area contributed by atoms with E-state index in [1.807, 2.05) is 6.07 Å². The number of rotatable bonds is 8. The number of ether oxygens (including phenoxy) is 2. The minimum absolute atomic E-state index is 0.0947. The van der Waals surface area contributed by atoms with E-state index in [1.54, 1.807) is 49.7 Å². The lowest BCUT2D eigenvalue weighted by Crippen LogP contribution is -2.31. The molecule has 5 nitrogen and oxygen atoms in total. The fourth-order valence-electron chi connectivity index (χ4n) is 2.03. The molecule has 0 atom stereocenters. The Bertz CT molecular complexity index is 796. The highest BCUT2D eigenvalue weighted by molar-refractivity contribution is 7.80. The molecular formula is C19H20FN3O2S. The Kier molecular flexibility index (Phi) is 7.57. The zero-order chi connectivity index (χ0) is 18.8. The summed E-state index contributed by atoms with van der Waals surface area (Å²) in [5.41, 5.74) is 3.94. The molecule has 0 bridgehead atoms. The molecule has 0 aliphatic rings. The fraction of sp³-hybridized carbons (Fsp3) is 0.158. The van der Waals surface area contributed by atoms with Gasteiger partial charge in [-0.05, 0) is 42.0 Å². The number of thiocarbonyl (C=S) groups is 1. The van der Waals surface area contributed by atoms with E-state index in [2.05, 4.69) is 22.4 Å². The molecule has 0 radical (unpaired) electrons. The van der Waals surface area contributed by atoms with Crippen molar-refractivity contribution in [3.05, 3.63) is 72.1 Å². The number of hydrogen-bond donors (Lipinski definition) is 2. The Morgan fingerprint density at radius 2 is 2.08 bits per heavy atom. The van der Waals surface area contributed by atoms with Crippen LogP contribution in [-0.4, -0.2) is 25.0 Å². The second-order valence-corrected chi connectivity index (χ2v) is 5.57. The predicted octanol–water partition coefficient (Wildman–Crippen LogP) is 3.40. The van der Waals surface area contributed by atoms with Gasteiger partial charge in [-0.3, -0.25) is 5.43 Å². The first-order valence-corrected chi connectivity index (χ1v) is 8.27. The Labute approximate surface area is 157 Å². The van der Waals surface area contributed by atoms with E-state index < -0.39 is 0 Å². The van der Waals surface area contributed by atoms with Crippen molar-refractivity contribution in [3.63, 3.8) is 0 Å². The Morgan fingerprint density at radius 3 is 2.81 bits per heavy atom. The number of nitrogens with one attached hydrogen (secondary N) is 2. The molecule has 0 unspecified atom stereocenters. The highest BCUT2D eigenvalue weighted by Crippen LogP contribution is 2.28. The van der Waals surface area contributed by atoms with Gasteiger partial charge in [0.05, 0.1) is 13.3 Å². The zero-order valence-corrected chi connectivity index (χ0v) is 15.2. The van der Waals surface area contributed by atoms with Crippen LogP contribution in [0.25, 0.3) is 0 Å². The minimum atomic E-state index is -0.311. The topological polar surface area (TPSA) is 54.9 Å². The molecule has 7 heteroatoms. The van der Waals surface area contributed by atoms with Crippen molar-refractivity contribution >= 4 is 23.5 Å². The SMILES string of the molecule is C=CCNC(=S)NN=Cc1ccc(OC)c(OCc2ccccc2F)c1. The third-order valence-corrected chi connectivity index (χ3v) is 3.55. The van der Waals surface area contributed by atoms with Crippen molar-refractivity contribution in [1.82, 2.24) is 10.7 Å². The number of nitrogens with zero attached hydrogens (tertiary/aromatic N) is 1. The molecular weight excluding hydrogens is 353 g/mol. The standard InChI is InChI=1S/C19H20FN3O2S/c1-3-10-21-19(26)23-22-12-14-8-9-17(24-2)18(11-14)25-13-15-6-4-5-7-16(15)20/h3-9,11-12H,1,10,13H2,2H3,(H2,21,23,26). The minimum Gasteiger partial charge on any atom is -0.493 e. The summed E-state index contributed by atoms with van der Waals surface area (Å²) in [6.45, 7) is 4.24. The first-order chi connectivity index (χ1) is 12.6. The van der Waals surface area contributed by atoms with Crippen LogP contribution in [0.5, 0.6) is 11.5 Å². The van der Waals surface area contributed by atoms with Crippen molar-refractivity contribution in [2.24, 2.45) is 5.10 Å². The van der Waals surface area contributed by atoms with E-state index in [0.717, 1.165) is 5.56 Å². The van der Waals surface area contributed by atoms with Crippen molar-refractivity contribution < 1.29 is 13.9 Å². The van der Waals surface area contributed by atoms with Crippen LogP contribution >= 0.6 is 12.2 Å². The molecule has 0 aliphatic heterocycles. The molecule has 0 saturated carbocycles. The summed E-state index contributed by atoms with van der Waals surface area (Å²) in [7, 11) is 1.55. The fourth-order valence-corrected chi connectivity index (χ4v) is 2.16. The van der Waals surface area contributed by atoms with E-state index in [-0.39, 0.29) is 12.4 Å². The van der Waals surface area contributed by atoms with Crippen LogP contribution in [0.3, 0.4) is 0 Å². The van der Waals surface area contributed by atoms with Gasteiger partial charge in [-0.1, -0.05) is 24.3 Å². The van der Waals surface area contributed by atoms with E-state index >= 15 is 0 Å². The molecule has 2 aromatic rings. The lowest BCUT2D eigenvalue weighted by molar-refractivity contribution is 0.279. The molecule has 136 valence electrons. The average Bonchev–Trinajstić information content (AvgIpc) is 2.66. The van der Waals surface area contributed by atoms with E-state index in [4.69, 9.17) is 21.7 Å². The van der Waals surface area contributed by atoms with E-state index in [1.165, 1.54) is 6.07 Å². The molecule has 0 aromatic heterocycles. The van der Waals surface area contributed by atoms with Crippen LogP contribution in [-0.2, 0) is 6.61 Å². The number of hydrazone groups is 1. The molecule has 2 rings (SSSR count). The Balaban J connectivity index is 2.04. The normalized spacial score (nSPS) is 10.4. The van der Waals surface area contributed by atoms with Crippen LogP contribution in [0.4, 0.5) is 4.39 Å². The molecule has 0 amide bonds. The second-order valence-electron chi connectivity index (χ2n) is 5.16. The summed E-state index contributed by atoms with van der Waals surface area (Å²) in [5.74, 6) is 0.732. The van der Waals surface area contributed by atoms with Crippen LogP contribution < -0.4 is 20.2 Å². The zero-order valence-electron chi connectivity index (χ0n) is 14.4. The quantitative estimate of drug-likeness (QED) is 0.321. The maximum absolute atomic E-state index is 13.7. The van der Waals surface area contributed by atoms with Gasteiger partial charge in [0.25, 0.3) is 0 Å². The lowest BCUT2D eigenvalue weighted by atomic mass is 10.2. The maximum Gasteiger partial charge on any atom is 0.187 e. The van der Waals surface area contributed by atoms with Gasteiger partial charge in [0.1, 0.15) is 12.4 Å². The van der Waals surface area contributed by atoms with Crippen LogP contribution in [0.2, 0.25) is 0 Å². The lowest BCUT2D eigenvalue weighted by Gasteiger charge is -2.12. The van der Waals surface area contributed by atoms with Gasteiger partial charge in [0.2, 0.25) is 0 Å². The molecule has 26 heavy (non-hydrogen) atoms. The maximum atomic E-state index is 13.7. The molecule has 2 N–H and O–H groups in total. The number of methoxy groups -OCH3 is 1. The van der Waals surface area contributed by atoms with Gasteiger partial charge < -0.3 is 14.8 Å². The first kappa shape index (κ1) is 19.4. The molecule has 2 aromatic carbocycles. The summed E-state index contributed by atoms with van der Waals surface area (Å²) < 4.78 is 24.7. The largest absolute Gasteiger partial charge is 0.493 e. The van der Waals surface area contributed by atoms with Crippen molar-refractivity contribution in [2.45, 2.75) is 6.61 Å². The monoisotopic (exact) mass is 373 g/mol. The predicted molar refractivity (Wildman–Crippen MR) is 105 cm³/mol. The summed E-state index contributed by atoms with van der Waals surface area (Å²) in [6, 6.07) is 11.8. The van der Waals surface area contributed by atoms with Crippen LogP contribution in [0.15, 0.2) is 60.2 Å².